The number of oxime groups is 1. The molecule has 2 aromatic carbocycles. The van der Waals surface area contributed by atoms with Crippen molar-refractivity contribution in [2.45, 2.75) is 13.5 Å². The van der Waals surface area contributed by atoms with Crippen LogP contribution in [0, 0.1) is 6.92 Å². The predicted molar refractivity (Wildman–Crippen MR) is 71.7 cm³/mol. The van der Waals surface area contributed by atoms with Crippen LogP contribution in [-0.2, 0) is 11.4 Å². The highest BCUT2D eigenvalue weighted by molar-refractivity contribution is 5.82. The quantitative estimate of drug-likeness (QED) is 0.659. The Morgan fingerprint density at radius 2 is 1.83 bits per heavy atom. The van der Waals surface area contributed by atoms with Gasteiger partial charge in [-0.05, 0) is 24.6 Å². The smallest absolute Gasteiger partial charge is 0.142 e. The third kappa shape index (κ3) is 3.35. The zero-order valence-corrected chi connectivity index (χ0v) is 10.2. The molecule has 0 bridgehead atoms. The van der Waals surface area contributed by atoms with Crippen LogP contribution in [0.25, 0.3) is 0 Å². The van der Waals surface area contributed by atoms with E-state index >= 15 is 0 Å². The van der Waals surface area contributed by atoms with Crippen molar-refractivity contribution in [3.8, 4) is 5.75 Å². The van der Waals surface area contributed by atoms with E-state index in [-0.39, 0.29) is 5.75 Å². The number of nitrogens with zero attached hydrogens (tertiary/aromatic N) is 1. The molecule has 2 rings (SSSR count). The van der Waals surface area contributed by atoms with Crippen molar-refractivity contribution in [2.24, 2.45) is 5.16 Å². The van der Waals surface area contributed by atoms with E-state index in [4.69, 9.17) is 4.84 Å². The van der Waals surface area contributed by atoms with E-state index in [9.17, 15) is 5.11 Å². The number of aryl methyl sites for hydroxylation is 1. The van der Waals surface area contributed by atoms with Gasteiger partial charge in [-0.15, -0.1) is 0 Å². The first-order valence-corrected chi connectivity index (χ1v) is 5.74. The standard InChI is InChI=1S/C15H15NO2/c1-12-6-8-13(9-7-12)11-18-16-10-14-4-2-3-5-15(14)17/h2-10,17H,11H2,1H3/b16-10+. The number of phenolic OH excluding ortho intramolecular Hbond substituents is 1. The van der Waals surface area contributed by atoms with E-state index in [1.807, 2.05) is 37.3 Å². The van der Waals surface area contributed by atoms with E-state index in [1.54, 1.807) is 18.2 Å². The lowest BCUT2D eigenvalue weighted by atomic mass is 10.2. The normalized spacial score (nSPS) is 10.7. The van der Waals surface area contributed by atoms with Crippen LogP contribution in [0.2, 0.25) is 0 Å². The van der Waals surface area contributed by atoms with Crippen LogP contribution in [0.4, 0.5) is 0 Å². The minimum absolute atomic E-state index is 0.195. The Balaban J connectivity index is 1.89. The Labute approximate surface area is 106 Å². The first-order valence-electron chi connectivity index (χ1n) is 5.74. The number of phenols is 1. The molecule has 0 atom stereocenters. The van der Waals surface area contributed by atoms with Crippen LogP contribution < -0.4 is 0 Å². The molecule has 3 heteroatoms. The minimum atomic E-state index is 0.195. The molecule has 0 heterocycles. The summed E-state index contributed by atoms with van der Waals surface area (Å²) in [6, 6.07) is 15.1. The molecule has 0 radical (unpaired) electrons. The molecule has 0 amide bonds. The van der Waals surface area contributed by atoms with Crippen LogP contribution >= 0.6 is 0 Å². The van der Waals surface area contributed by atoms with Gasteiger partial charge >= 0.3 is 0 Å². The Morgan fingerprint density at radius 3 is 2.56 bits per heavy atom. The minimum Gasteiger partial charge on any atom is -0.507 e. The van der Waals surface area contributed by atoms with Crippen molar-refractivity contribution in [3.05, 3.63) is 65.2 Å². The summed E-state index contributed by atoms with van der Waals surface area (Å²) in [7, 11) is 0. The van der Waals surface area contributed by atoms with Gasteiger partial charge in [0.1, 0.15) is 12.4 Å². The van der Waals surface area contributed by atoms with Crippen molar-refractivity contribution >= 4 is 6.21 Å². The Morgan fingerprint density at radius 1 is 1.11 bits per heavy atom. The van der Waals surface area contributed by atoms with Gasteiger partial charge in [-0.1, -0.05) is 47.1 Å². The number of rotatable bonds is 4. The van der Waals surface area contributed by atoms with Gasteiger partial charge in [0.2, 0.25) is 0 Å². The highest BCUT2D eigenvalue weighted by Gasteiger charge is 1.95. The molecule has 0 unspecified atom stereocenters. The number of para-hydroxylation sites is 1. The number of aromatic hydroxyl groups is 1. The molecule has 3 nitrogen and oxygen atoms in total. The zero-order chi connectivity index (χ0) is 12.8. The third-order valence-corrected chi connectivity index (χ3v) is 2.55. The Kier molecular flexibility index (Phi) is 3.97. The molecule has 92 valence electrons. The van der Waals surface area contributed by atoms with E-state index in [1.165, 1.54) is 11.8 Å². The van der Waals surface area contributed by atoms with Crippen molar-refractivity contribution in [2.75, 3.05) is 0 Å². The third-order valence-electron chi connectivity index (χ3n) is 2.55. The van der Waals surface area contributed by atoms with Gasteiger partial charge in [-0.2, -0.15) is 0 Å². The molecule has 0 aliphatic carbocycles. The van der Waals surface area contributed by atoms with Gasteiger partial charge in [0.25, 0.3) is 0 Å². The molecule has 0 saturated carbocycles. The van der Waals surface area contributed by atoms with Gasteiger partial charge in [0, 0.05) is 5.56 Å². The fourth-order valence-corrected chi connectivity index (χ4v) is 1.49. The van der Waals surface area contributed by atoms with E-state index in [0.717, 1.165) is 5.56 Å². The lowest BCUT2D eigenvalue weighted by molar-refractivity contribution is 0.132. The molecule has 0 aliphatic rings. The number of benzene rings is 2. The molecule has 0 spiro atoms. The summed E-state index contributed by atoms with van der Waals surface area (Å²) in [6.45, 7) is 2.46. The first kappa shape index (κ1) is 12.2. The van der Waals surface area contributed by atoms with Crippen molar-refractivity contribution < 1.29 is 9.94 Å². The molecule has 0 aromatic heterocycles. The molecular weight excluding hydrogens is 226 g/mol. The highest BCUT2D eigenvalue weighted by atomic mass is 16.6. The molecule has 2 aromatic rings. The second-order valence-electron chi connectivity index (χ2n) is 4.05. The summed E-state index contributed by atoms with van der Waals surface area (Å²) < 4.78 is 0. The molecule has 0 saturated heterocycles. The average Bonchev–Trinajstić information content (AvgIpc) is 2.39. The number of hydrogen-bond acceptors (Lipinski definition) is 3. The van der Waals surface area contributed by atoms with E-state index in [0.29, 0.717) is 12.2 Å². The fraction of sp³-hybridized carbons (Fsp3) is 0.133. The maximum absolute atomic E-state index is 9.51. The summed E-state index contributed by atoms with van der Waals surface area (Å²) in [5, 5.41) is 13.3. The maximum atomic E-state index is 9.51. The molecule has 18 heavy (non-hydrogen) atoms. The first-order chi connectivity index (χ1) is 8.75. The van der Waals surface area contributed by atoms with Crippen LogP contribution in [0.15, 0.2) is 53.7 Å². The molecule has 0 fully saturated rings. The number of hydrogen-bond donors (Lipinski definition) is 1. The summed E-state index contributed by atoms with van der Waals surface area (Å²) in [4.78, 5) is 5.18. The Bertz CT molecular complexity index is 532. The van der Waals surface area contributed by atoms with Crippen molar-refractivity contribution in [1.29, 1.82) is 0 Å². The van der Waals surface area contributed by atoms with E-state index in [2.05, 4.69) is 5.16 Å². The van der Waals surface area contributed by atoms with Gasteiger partial charge in [0.15, 0.2) is 0 Å². The second-order valence-corrected chi connectivity index (χ2v) is 4.05. The van der Waals surface area contributed by atoms with Crippen molar-refractivity contribution in [3.63, 3.8) is 0 Å². The summed E-state index contributed by atoms with van der Waals surface area (Å²) in [6.07, 6.45) is 1.50. The van der Waals surface area contributed by atoms with Crippen LogP contribution in [0.1, 0.15) is 16.7 Å². The summed E-state index contributed by atoms with van der Waals surface area (Å²) >= 11 is 0. The van der Waals surface area contributed by atoms with Gasteiger partial charge < -0.3 is 9.94 Å². The maximum Gasteiger partial charge on any atom is 0.142 e. The fourth-order valence-electron chi connectivity index (χ4n) is 1.49. The van der Waals surface area contributed by atoms with E-state index < -0.39 is 0 Å². The van der Waals surface area contributed by atoms with Gasteiger partial charge in [-0.25, -0.2) is 0 Å². The average molecular weight is 241 g/mol. The Hall–Kier alpha value is -2.29. The SMILES string of the molecule is Cc1ccc(CO/N=C/c2ccccc2O)cc1. The largest absolute Gasteiger partial charge is 0.507 e. The monoisotopic (exact) mass is 241 g/mol. The second kappa shape index (κ2) is 5.87. The summed E-state index contributed by atoms with van der Waals surface area (Å²) in [5.74, 6) is 0.195. The molecular formula is C15H15NO2. The lowest BCUT2D eigenvalue weighted by Gasteiger charge is -2.00. The van der Waals surface area contributed by atoms with Crippen LogP contribution in [0.5, 0.6) is 5.75 Å². The lowest BCUT2D eigenvalue weighted by Crippen LogP contribution is -1.88. The highest BCUT2D eigenvalue weighted by Crippen LogP contribution is 2.13. The van der Waals surface area contributed by atoms with Crippen molar-refractivity contribution in [1.82, 2.24) is 0 Å². The molecule has 0 aliphatic heterocycles. The zero-order valence-electron chi connectivity index (χ0n) is 10.2. The predicted octanol–water partition coefficient (Wildman–Crippen LogP) is 3.25. The topological polar surface area (TPSA) is 41.8 Å². The van der Waals surface area contributed by atoms with Gasteiger partial charge in [-0.3, -0.25) is 0 Å². The molecule has 1 N–H and O–H groups in total. The van der Waals surface area contributed by atoms with Crippen LogP contribution in [0.3, 0.4) is 0 Å². The van der Waals surface area contributed by atoms with Gasteiger partial charge in [0.05, 0.1) is 6.21 Å². The van der Waals surface area contributed by atoms with Crippen LogP contribution in [-0.4, -0.2) is 11.3 Å². The summed E-state index contributed by atoms with van der Waals surface area (Å²) in [5.41, 5.74) is 2.92.